The topological polar surface area (TPSA) is 95.9 Å². The van der Waals surface area contributed by atoms with Gasteiger partial charge in [0.1, 0.15) is 6.10 Å². The highest BCUT2D eigenvalue weighted by Gasteiger charge is 2.24. The van der Waals surface area contributed by atoms with Crippen molar-refractivity contribution >= 4 is 11.9 Å². The standard InChI is InChI=1S/C55H105NO5/c1-4-7-10-13-16-19-22-25-26-27-28-30-33-36-39-42-45-48-55(60)61-51(46-43-40-37-34-31-24-21-18-15-12-9-6-3)49-54(59)56-52(50-57)53(58)47-44-41-38-35-32-29-23-20-17-14-11-8-5-2/h25-26,34,37,51-53,57-58H,4-24,27-33,35-36,38-50H2,1-3H3,(H,56,59)/b26-25+,37-34-. The molecule has 3 unspecified atom stereocenters. The molecule has 0 saturated carbocycles. The van der Waals surface area contributed by atoms with E-state index >= 15 is 0 Å². The number of amides is 1. The minimum atomic E-state index is -0.791. The number of hydrogen-bond acceptors (Lipinski definition) is 5. The summed E-state index contributed by atoms with van der Waals surface area (Å²) in [5.41, 5.74) is 0. The number of unbranched alkanes of at least 4 members (excludes halogenated alkanes) is 33. The first-order chi connectivity index (χ1) is 30.0. The van der Waals surface area contributed by atoms with Gasteiger partial charge in [0.25, 0.3) is 0 Å². The molecule has 3 atom stereocenters. The second-order valence-corrected chi connectivity index (χ2v) is 18.6. The molecule has 0 radical (unpaired) electrons. The number of aliphatic hydroxyl groups is 2. The van der Waals surface area contributed by atoms with E-state index in [1.54, 1.807) is 0 Å². The van der Waals surface area contributed by atoms with E-state index in [1.807, 2.05) is 0 Å². The van der Waals surface area contributed by atoms with E-state index in [4.69, 9.17) is 4.74 Å². The van der Waals surface area contributed by atoms with Crippen LogP contribution in [0.4, 0.5) is 0 Å². The molecule has 0 aromatic rings. The molecular weight excluding hydrogens is 755 g/mol. The third-order valence-corrected chi connectivity index (χ3v) is 12.5. The van der Waals surface area contributed by atoms with Crippen LogP contribution in [0.1, 0.15) is 290 Å². The molecule has 0 spiro atoms. The van der Waals surface area contributed by atoms with Gasteiger partial charge in [-0.1, -0.05) is 231 Å². The van der Waals surface area contributed by atoms with Crippen molar-refractivity contribution in [2.75, 3.05) is 6.61 Å². The number of ether oxygens (including phenoxy) is 1. The average molecular weight is 860 g/mol. The zero-order valence-corrected chi connectivity index (χ0v) is 41.1. The molecule has 0 rings (SSSR count). The summed E-state index contributed by atoms with van der Waals surface area (Å²) in [6, 6.07) is -0.706. The molecule has 0 saturated heterocycles. The third kappa shape index (κ3) is 44.7. The van der Waals surface area contributed by atoms with Crippen molar-refractivity contribution in [2.45, 2.75) is 309 Å². The average Bonchev–Trinajstić information content (AvgIpc) is 3.25. The molecule has 0 aromatic carbocycles. The molecule has 61 heavy (non-hydrogen) atoms. The number of carbonyl (C=O) groups excluding carboxylic acids is 2. The molecule has 0 bridgehead atoms. The van der Waals surface area contributed by atoms with Crippen LogP contribution in [0.25, 0.3) is 0 Å². The fraction of sp³-hybridized carbons (Fsp3) is 0.891. The van der Waals surface area contributed by atoms with Crippen LogP contribution < -0.4 is 5.32 Å². The number of allylic oxidation sites excluding steroid dienone is 4. The zero-order chi connectivity index (χ0) is 44.5. The van der Waals surface area contributed by atoms with E-state index in [2.05, 4.69) is 50.4 Å². The predicted octanol–water partition coefficient (Wildman–Crippen LogP) is 16.3. The van der Waals surface area contributed by atoms with Crippen LogP contribution in [0.5, 0.6) is 0 Å². The molecule has 0 aliphatic rings. The summed E-state index contributed by atoms with van der Waals surface area (Å²) < 4.78 is 5.92. The SMILES string of the molecule is CCCCCCCC/C=C/CCCCCCCCCC(=O)OC(CCC/C=C\CCCCCCCCC)CC(=O)NC(CO)C(O)CCCCCCCCCCCCCCC. The fourth-order valence-corrected chi connectivity index (χ4v) is 8.37. The molecule has 0 aromatic heterocycles. The maximum atomic E-state index is 13.2. The number of aliphatic hydroxyl groups excluding tert-OH is 2. The van der Waals surface area contributed by atoms with E-state index in [9.17, 15) is 19.8 Å². The normalized spacial score (nSPS) is 13.3. The van der Waals surface area contributed by atoms with Gasteiger partial charge >= 0.3 is 5.97 Å². The maximum Gasteiger partial charge on any atom is 0.306 e. The predicted molar refractivity (Wildman–Crippen MR) is 264 cm³/mol. The first-order valence-corrected chi connectivity index (χ1v) is 27.1. The largest absolute Gasteiger partial charge is 0.462 e. The van der Waals surface area contributed by atoms with Gasteiger partial charge in [-0.05, 0) is 70.6 Å². The molecule has 6 nitrogen and oxygen atoms in total. The van der Waals surface area contributed by atoms with Crippen LogP contribution in [-0.4, -0.2) is 46.9 Å². The lowest BCUT2D eigenvalue weighted by Crippen LogP contribution is -2.46. The Kier molecular flexibility index (Phi) is 48.0. The highest BCUT2D eigenvalue weighted by Crippen LogP contribution is 2.18. The van der Waals surface area contributed by atoms with Crippen molar-refractivity contribution < 1.29 is 24.5 Å². The minimum absolute atomic E-state index is 0.0592. The highest BCUT2D eigenvalue weighted by atomic mass is 16.5. The molecule has 6 heteroatoms. The van der Waals surface area contributed by atoms with E-state index in [0.717, 1.165) is 57.8 Å². The molecule has 0 aliphatic heterocycles. The van der Waals surface area contributed by atoms with Gasteiger partial charge < -0.3 is 20.3 Å². The lowest BCUT2D eigenvalue weighted by molar-refractivity contribution is -0.151. The Hall–Kier alpha value is -1.66. The van der Waals surface area contributed by atoms with Crippen molar-refractivity contribution in [2.24, 2.45) is 0 Å². The molecule has 360 valence electrons. The van der Waals surface area contributed by atoms with Crippen molar-refractivity contribution in [3.8, 4) is 0 Å². The van der Waals surface area contributed by atoms with Crippen LogP contribution >= 0.6 is 0 Å². The van der Waals surface area contributed by atoms with E-state index in [1.165, 1.54) is 186 Å². The lowest BCUT2D eigenvalue weighted by Gasteiger charge is -2.24. The number of nitrogens with one attached hydrogen (secondary N) is 1. The smallest absolute Gasteiger partial charge is 0.306 e. The molecule has 0 fully saturated rings. The summed E-state index contributed by atoms with van der Waals surface area (Å²) >= 11 is 0. The fourth-order valence-electron chi connectivity index (χ4n) is 8.37. The molecule has 1 amide bonds. The van der Waals surface area contributed by atoms with Crippen LogP contribution in [0.15, 0.2) is 24.3 Å². The van der Waals surface area contributed by atoms with Crippen molar-refractivity contribution in [3.63, 3.8) is 0 Å². The summed E-state index contributed by atoms with van der Waals surface area (Å²) in [4.78, 5) is 26.1. The number of hydrogen-bond donors (Lipinski definition) is 3. The van der Waals surface area contributed by atoms with Gasteiger partial charge in [-0.15, -0.1) is 0 Å². The maximum absolute atomic E-state index is 13.2. The quantitative estimate of drug-likeness (QED) is 0.0322. The van der Waals surface area contributed by atoms with Crippen LogP contribution in [0.2, 0.25) is 0 Å². The van der Waals surface area contributed by atoms with Crippen LogP contribution in [-0.2, 0) is 14.3 Å². The van der Waals surface area contributed by atoms with E-state index < -0.39 is 18.2 Å². The van der Waals surface area contributed by atoms with Gasteiger partial charge in [0, 0.05) is 6.42 Å². The van der Waals surface area contributed by atoms with Gasteiger partial charge in [0.05, 0.1) is 25.2 Å². The Morgan fingerprint density at radius 3 is 1.20 bits per heavy atom. The lowest BCUT2D eigenvalue weighted by atomic mass is 10.0. The van der Waals surface area contributed by atoms with Gasteiger partial charge in [-0.25, -0.2) is 0 Å². The molecular formula is C55H105NO5. The Balaban J connectivity index is 4.53. The molecule has 0 aliphatic carbocycles. The Morgan fingerprint density at radius 1 is 0.459 bits per heavy atom. The summed E-state index contributed by atoms with van der Waals surface area (Å²) in [5.74, 6) is -0.495. The van der Waals surface area contributed by atoms with Gasteiger partial charge in [-0.2, -0.15) is 0 Å². The van der Waals surface area contributed by atoms with Crippen LogP contribution in [0.3, 0.4) is 0 Å². The second kappa shape index (κ2) is 49.4. The summed E-state index contributed by atoms with van der Waals surface area (Å²) in [6.07, 6.45) is 56.7. The Labute approximate surface area is 380 Å². The summed E-state index contributed by atoms with van der Waals surface area (Å²) in [7, 11) is 0. The Bertz CT molecular complexity index is 966. The first kappa shape index (κ1) is 59.3. The van der Waals surface area contributed by atoms with Gasteiger partial charge in [-0.3, -0.25) is 9.59 Å². The number of rotatable bonds is 49. The van der Waals surface area contributed by atoms with Gasteiger partial charge in [0.2, 0.25) is 5.91 Å². The van der Waals surface area contributed by atoms with E-state index in [-0.39, 0.29) is 24.9 Å². The summed E-state index contributed by atoms with van der Waals surface area (Å²) in [6.45, 7) is 6.48. The number of carbonyl (C=O) groups is 2. The minimum Gasteiger partial charge on any atom is -0.462 e. The van der Waals surface area contributed by atoms with E-state index in [0.29, 0.717) is 19.3 Å². The monoisotopic (exact) mass is 860 g/mol. The zero-order valence-electron chi connectivity index (χ0n) is 41.1. The molecule has 3 N–H and O–H groups in total. The number of esters is 1. The first-order valence-electron chi connectivity index (χ1n) is 27.1. The highest BCUT2D eigenvalue weighted by molar-refractivity contribution is 5.77. The van der Waals surface area contributed by atoms with Crippen molar-refractivity contribution in [1.29, 1.82) is 0 Å². The van der Waals surface area contributed by atoms with Crippen molar-refractivity contribution in [1.82, 2.24) is 5.32 Å². The molecule has 0 heterocycles. The summed E-state index contributed by atoms with van der Waals surface area (Å²) in [5, 5.41) is 23.8. The third-order valence-electron chi connectivity index (χ3n) is 12.5. The second-order valence-electron chi connectivity index (χ2n) is 18.6. The van der Waals surface area contributed by atoms with Gasteiger partial charge in [0.15, 0.2) is 0 Å². The van der Waals surface area contributed by atoms with Crippen molar-refractivity contribution in [3.05, 3.63) is 24.3 Å². The van der Waals surface area contributed by atoms with Crippen LogP contribution in [0, 0.1) is 0 Å². The Morgan fingerprint density at radius 2 is 0.803 bits per heavy atom.